The molecule has 0 saturated carbocycles. The third kappa shape index (κ3) is 7.03. The number of alkyl halides is 2. The van der Waals surface area contributed by atoms with Crippen molar-refractivity contribution in [2.45, 2.75) is 19.6 Å². The minimum Gasteiger partial charge on any atom is -0.435 e. The van der Waals surface area contributed by atoms with E-state index in [0.29, 0.717) is 13.1 Å². The smallest absolute Gasteiger partial charge is 0.387 e. The molecule has 0 atom stereocenters. The van der Waals surface area contributed by atoms with Crippen LogP contribution in [0.1, 0.15) is 12.0 Å². The minimum absolute atomic E-state index is 0.0844. The Morgan fingerprint density at radius 2 is 1.96 bits per heavy atom. The lowest BCUT2D eigenvalue weighted by Crippen LogP contribution is -2.34. The Bertz CT molecular complexity index is 609. The second kappa shape index (κ2) is 10.1. The van der Waals surface area contributed by atoms with Crippen molar-refractivity contribution >= 4 is 5.91 Å². The van der Waals surface area contributed by atoms with E-state index >= 15 is 0 Å². The van der Waals surface area contributed by atoms with Gasteiger partial charge >= 0.3 is 6.61 Å². The monoisotopic (exact) mass is 336 g/mol. The predicted molar refractivity (Wildman–Crippen MR) is 81.8 cm³/mol. The molecular weight excluding hydrogens is 318 g/mol. The molecule has 128 valence electrons. The molecule has 24 heavy (non-hydrogen) atoms. The number of carbonyl (C=O) groups excluding carboxylic acids is 1. The Kier molecular flexibility index (Phi) is 8.17. The van der Waals surface area contributed by atoms with Crippen LogP contribution in [-0.2, 0) is 11.3 Å². The maximum atomic E-state index is 12.2. The Labute approximate surface area is 139 Å². The van der Waals surface area contributed by atoms with Crippen LogP contribution in [0.4, 0.5) is 8.78 Å². The van der Waals surface area contributed by atoms with Gasteiger partial charge in [-0.1, -0.05) is 12.1 Å². The SMILES string of the molecule is CN(CCC(=O)N(CC#N)CC#N)Cc1cccc(OC(F)F)c1. The number of benzene rings is 1. The highest BCUT2D eigenvalue weighted by Crippen LogP contribution is 2.17. The molecule has 0 fully saturated rings. The lowest BCUT2D eigenvalue weighted by molar-refractivity contribution is -0.130. The van der Waals surface area contributed by atoms with E-state index in [1.54, 1.807) is 19.2 Å². The molecule has 0 N–H and O–H groups in total. The molecule has 0 unspecified atom stereocenters. The second-order valence-corrected chi connectivity index (χ2v) is 5.08. The summed E-state index contributed by atoms with van der Waals surface area (Å²) in [6.07, 6.45) is 0.160. The molecule has 0 aliphatic rings. The van der Waals surface area contributed by atoms with E-state index in [1.165, 1.54) is 17.0 Å². The summed E-state index contributed by atoms with van der Waals surface area (Å²) in [5, 5.41) is 17.3. The van der Waals surface area contributed by atoms with Crippen LogP contribution in [0, 0.1) is 22.7 Å². The number of rotatable bonds is 9. The van der Waals surface area contributed by atoms with Crippen LogP contribution in [0.15, 0.2) is 24.3 Å². The van der Waals surface area contributed by atoms with Crippen molar-refractivity contribution in [1.29, 1.82) is 10.5 Å². The lowest BCUT2D eigenvalue weighted by Gasteiger charge is -2.20. The first-order valence-corrected chi connectivity index (χ1v) is 7.20. The van der Waals surface area contributed by atoms with Crippen LogP contribution >= 0.6 is 0 Å². The fourth-order valence-electron chi connectivity index (χ4n) is 2.06. The number of ether oxygens (including phenoxy) is 1. The number of halogens is 2. The molecule has 8 heteroatoms. The molecule has 0 aromatic heterocycles. The van der Waals surface area contributed by atoms with Crippen LogP contribution in [-0.4, -0.2) is 49.0 Å². The predicted octanol–water partition coefficient (Wildman–Crippen LogP) is 1.99. The molecule has 1 aromatic carbocycles. The largest absolute Gasteiger partial charge is 0.435 e. The van der Waals surface area contributed by atoms with E-state index in [0.717, 1.165) is 5.56 Å². The van der Waals surface area contributed by atoms with Crippen LogP contribution < -0.4 is 4.74 Å². The van der Waals surface area contributed by atoms with Crippen molar-refractivity contribution in [3.63, 3.8) is 0 Å². The van der Waals surface area contributed by atoms with Gasteiger partial charge in [0.1, 0.15) is 18.8 Å². The average Bonchev–Trinajstić information content (AvgIpc) is 2.52. The van der Waals surface area contributed by atoms with Crippen molar-refractivity contribution < 1.29 is 18.3 Å². The first-order chi connectivity index (χ1) is 11.5. The number of amides is 1. The summed E-state index contributed by atoms with van der Waals surface area (Å²) in [7, 11) is 1.78. The zero-order valence-electron chi connectivity index (χ0n) is 13.3. The lowest BCUT2D eigenvalue weighted by atomic mass is 10.2. The van der Waals surface area contributed by atoms with Gasteiger partial charge in [-0.3, -0.25) is 4.79 Å². The zero-order valence-corrected chi connectivity index (χ0v) is 13.3. The van der Waals surface area contributed by atoms with Gasteiger partial charge < -0.3 is 14.5 Å². The van der Waals surface area contributed by atoms with Gasteiger partial charge in [0.15, 0.2) is 0 Å². The van der Waals surface area contributed by atoms with Crippen LogP contribution in [0.2, 0.25) is 0 Å². The van der Waals surface area contributed by atoms with Crippen molar-refractivity contribution in [2.75, 3.05) is 26.7 Å². The summed E-state index contributed by atoms with van der Waals surface area (Å²) in [6, 6.07) is 10.0. The Balaban J connectivity index is 2.51. The first-order valence-electron chi connectivity index (χ1n) is 7.20. The Morgan fingerprint density at radius 1 is 1.29 bits per heavy atom. The number of hydrogen-bond acceptors (Lipinski definition) is 5. The summed E-state index contributed by atoms with van der Waals surface area (Å²) in [5.41, 5.74) is 0.772. The molecule has 0 saturated heterocycles. The number of nitriles is 2. The Morgan fingerprint density at radius 3 is 2.54 bits per heavy atom. The molecule has 1 amide bonds. The molecule has 0 radical (unpaired) electrons. The minimum atomic E-state index is -2.87. The highest BCUT2D eigenvalue weighted by molar-refractivity contribution is 5.76. The number of carbonyl (C=O) groups is 1. The van der Waals surface area contributed by atoms with Gasteiger partial charge in [0.2, 0.25) is 5.91 Å². The van der Waals surface area contributed by atoms with Gasteiger partial charge in [0, 0.05) is 19.5 Å². The number of nitrogens with zero attached hydrogens (tertiary/aromatic N) is 4. The van der Waals surface area contributed by atoms with Gasteiger partial charge in [-0.15, -0.1) is 0 Å². The maximum absolute atomic E-state index is 12.2. The molecule has 1 aromatic rings. The van der Waals surface area contributed by atoms with Crippen molar-refractivity contribution in [2.24, 2.45) is 0 Å². The molecule has 6 nitrogen and oxygen atoms in total. The third-order valence-electron chi connectivity index (χ3n) is 3.16. The molecular formula is C16H18F2N4O2. The molecule has 0 bridgehead atoms. The van der Waals surface area contributed by atoms with Crippen LogP contribution in [0.3, 0.4) is 0 Å². The van der Waals surface area contributed by atoms with Crippen molar-refractivity contribution in [3.8, 4) is 17.9 Å². The summed E-state index contributed by atoms with van der Waals surface area (Å²) < 4.78 is 28.8. The van der Waals surface area contributed by atoms with Crippen molar-refractivity contribution in [1.82, 2.24) is 9.80 Å². The van der Waals surface area contributed by atoms with Crippen LogP contribution in [0.25, 0.3) is 0 Å². The van der Waals surface area contributed by atoms with Crippen LogP contribution in [0.5, 0.6) is 5.75 Å². The van der Waals surface area contributed by atoms with Gasteiger partial charge in [0.25, 0.3) is 0 Å². The summed E-state index contributed by atoms with van der Waals surface area (Å²) in [6.45, 7) is -2.26. The number of hydrogen-bond donors (Lipinski definition) is 0. The molecule has 0 heterocycles. The van der Waals surface area contributed by atoms with Crippen molar-refractivity contribution in [3.05, 3.63) is 29.8 Å². The second-order valence-electron chi connectivity index (χ2n) is 5.08. The zero-order chi connectivity index (χ0) is 17.9. The molecule has 1 rings (SSSR count). The fraction of sp³-hybridized carbons (Fsp3) is 0.438. The summed E-state index contributed by atoms with van der Waals surface area (Å²) in [5.74, 6) is -0.194. The van der Waals surface area contributed by atoms with Gasteiger partial charge in [-0.25, -0.2) is 0 Å². The highest BCUT2D eigenvalue weighted by Gasteiger charge is 2.13. The molecule has 0 aliphatic heterocycles. The van der Waals surface area contributed by atoms with E-state index in [9.17, 15) is 13.6 Å². The van der Waals surface area contributed by atoms with Gasteiger partial charge in [0.05, 0.1) is 12.1 Å². The Hall–Kier alpha value is -2.71. The van der Waals surface area contributed by atoms with Gasteiger partial charge in [-0.05, 0) is 24.7 Å². The molecule has 0 spiro atoms. The summed E-state index contributed by atoms with van der Waals surface area (Å²) >= 11 is 0. The maximum Gasteiger partial charge on any atom is 0.387 e. The standard InChI is InChI=1S/C16H18F2N4O2/c1-21(8-5-15(23)22(9-6-19)10-7-20)12-13-3-2-4-14(11-13)24-16(17)18/h2-4,11,16H,5,8-10,12H2,1H3. The quantitative estimate of drug-likeness (QED) is 0.644. The average molecular weight is 336 g/mol. The van der Waals surface area contributed by atoms with E-state index in [-0.39, 0.29) is 31.2 Å². The fourth-order valence-corrected chi connectivity index (χ4v) is 2.06. The van der Waals surface area contributed by atoms with Gasteiger partial charge in [-0.2, -0.15) is 19.3 Å². The highest BCUT2D eigenvalue weighted by atomic mass is 19.3. The van der Waals surface area contributed by atoms with E-state index in [2.05, 4.69) is 4.74 Å². The van der Waals surface area contributed by atoms with E-state index in [1.807, 2.05) is 17.0 Å². The van der Waals surface area contributed by atoms with E-state index in [4.69, 9.17) is 10.5 Å². The normalized spacial score (nSPS) is 10.3. The third-order valence-corrected chi connectivity index (χ3v) is 3.16. The van der Waals surface area contributed by atoms with E-state index < -0.39 is 6.61 Å². The topological polar surface area (TPSA) is 80.4 Å². The molecule has 0 aliphatic carbocycles. The summed E-state index contributed by atoms with van der Waals surface area (Å²) in [4.78, 5) is 15.0. The first kappa shape index (κ1) is 19.3.